The molecule has 2 rings (SSSR count). The Morgan fingerprint density at radius 3 is 2.64 bits per heavy atom. The minimum atomic E-state index is -0.977. The molecule has 0 saturated carbocycles. The van der Waals surface area contributed by atoms with Crippen LogP contribution in [0.25, 0.3) is 0 Å². The van der Waals surface area contributed by atoms with E-state index >= 15 is 0 Å². The normalized spacial score (nSPS) is 10.5. The van der Waals surface area contributed by atoms with Crippen LogP contribution in [0.15, 0.2) is 41.5 Å². The van der Waals surface area contributed by atoms with Gasteiger partial charge in [-0.2, -0.15) is 5.10 Å². The van der Waals surface area contributed by atoms with Gasteiger partial charge in [-0.1, -0.05) is 23.7 Å². The van der Waals surface area contributed by atoms with Crippen LogP contribution >= 0.6 is 23.8 Å². The van der Waals surface area contributed by atoms with Crippen LogP contribution in [-0.2, 0) is 6.61 Å². The van der Waals surface area contributed by atoms with Crippen LogP contribution < -0.4 is 20.2 Å². The van der Waals surface area contributed by atoms with E-state index in [0.717, 1.165) is 5.56 Å². The predicted octanol–water partition coefficient (Wildman–Crippen LogP) is 3.44. The van der Waals surface area contributed by atoms with Crippen LogP contribution in [0.3, 0.4) is 0 Å². The zero-order valence-corrected chi connectivity index (χ0v) is 16.9. The van der Waals surface area contributed by atoms with Gasteiger partial charge in [0.05, 0.1) is 23.9 Å². The number of nitrogens with zero attached hydrogens (tertiary/aromatic N) is 1. The molecule has 0 amide bonds. The number of halogens is 1. The van der Waals surface area contributed by atoms with E-state index in [-0.39, 0.29) is 12.2 Å². The molecule has 9 heteroatoms. The summed E-state index contributed by atoms with van der Waals surface area (Å²) in [5, 5.41) is 16.7. The standard InChI is InChI=1S/C19H20ClN3O4S/c1-3-21-19(28)23-22-10-13-8-15(20)17(16(9-13)26-2)27-11-12-4-6-14(7-5-12)18(24)25/h4-10H,3,11H2,1-2H3,(H,24,25)(H2,21,23,28)/b22-10-. The van der Waals surface area contributed by atoms with Gasteiger partial charge in [-0.3, -0.25) is 5.43 Å². The van der Waals surface area contributed by atoms with Gasteiger partial charge < -0.3 is 19.9 Å². The maximum absolute atomic E-state index is 10.9. The molecular weight excluding hydrogens is 402 g/mol. The minimum Gasteiger partial charge on any atom is -0.493 e. The maximum Gasteiger partial charge on any atom is 0.335 e. The SMILES string of the molecule is CCNC(=S)N/N=C\c1cc(Cl)c(OCc2ccc(C(=O)O)cc2)c(OC)c1. The number of aromatic carboxylic acids is 1. The van der Waals surface area contributed by atoms with Crippen molar-refractivity contribution < 1.29 is 19.4 Å². The third-order valence-corrected chi connectivity index (χ3v) is 4.07. The third-order valence-electron chi connectivity index (χ3n) is 3.55. The molecule has 0 aliphatic heterocycles. The topological polar surface area (TPSA) is 92.2 Å². The molecule has 0 atom stereocenters. The van der Waals surface area contributed by atoms with Crippen LogP contribution in [0.1, 0.15) is 28.4 Å². The minimum absolute atomic E-state index is 0.210. The van der Waals surface area contributed by atoms with E-state index in [1.54, 1.807) is 30.5 Å². The Morgan fingerprint density at radius 1 is 1.32 bits per heavy atom. The molecular formula is C19H20ClN3O4S. The lowest BCUT2D eigenvalue weighted by Crippen LogP contribution is -2.31. The Balaban J connectivity index is 2.09. The fraction of sp³-hybridized carbons (Fsp3) is 0.211. The molecule has 28 heavy (non-hydrogen) atoms. The lowest BCUT2D eigenvalue weighted by molar-refractivity contribution is 0.0697. The van der Waals surface area contributed by atoms with E-state index in [0.29, 0.717) is 33.7 Å². The van der Waals surface area contributed by atoms with E-state index in [2.05, 4.69) is 15.8 Å². The average Bonchev–Trinajstić information content (AvgIpc) is 2.67. The van der Waals surface area contributed by atoms with Crippen LogP contribution in [-0.4, -0.2) is 36.1 Å². The molecule has 0 heterocycles. The molecule has 0 bridgehead atoms. The number of nitrogens with one attached hydrogen (secondary N) is 2. The second-order valence-electron chi connectivity index (χ2n) is 5.55. The number of rotatable bonds is 8. The predicted molar refractivity (Wildman–Crippen MR) is 113 cm³/mol. The van der Waals surface area contributed by atoms with Gasteiger partial charge in [0.25, 0.3) is 0 Å². The highest BCUT2D eigenvalue weighted by Crippen LogP contribution is 2.36. The van der Waals surface area contributed by atoms with Gasteiger partial charge in [-0.25, -0.2) is 4.79 Å². The summed E-state index contributed by atoms with van der Waals surface area (Å²) >= 11 is 11.4. The number of hydrogen-bond acceptors (Lipinski definition) is 5. The first kappa shape index (κ1) is 21.5. The maximum atomic E-state index is 10.9. The number of benzene rings is 2. The highest BCUT2D eigenvalue weighted by molar-refractivity contribution is 7.80. The zero-order valence-electron chi connectivity index (χ0n) is 15.4. The van der Waals surface area contributed by atoms with Gasteiger partial charge in [-0.05, 0) is 54.5 Å². The summed E-state index contributed by atoms with van der Waals surface area (Å²) in [6.07, 6.45) is 1.56. The molecule has 3 N–H and O–H groups in total. The van der Waals surface area contributed by atoms with Gasteiger partial charge in [0.15, 0.2) is 16.6 Å². The summed E-state index contributed by atoms with van der Waals surface area (Å²) in [4.78, 5) is 10.9. The van der Waals surface area contributed by atoms with Crippen molar-refractivity contribution >= 4 is 41.1 Å². The van der Waals surface area contributed by atoms with E-state index in [1.807, 2.05) is 6.92 Å². The number of carbonyl (C=O) groups is 1. The van der Waals surface area contributed by atoms with Crippen molar-refractivity contribution in [1.82, 2.24) is 10.7 Å². The smallest absolute Gasteiger partial charge is 0.335 e. The molecule has 0 radical (unpaired) electrons. The summed E-state index contributed by atoms with van der Waals surface area (Å²) in [6.45, 7) is 2.84. The first-order valence-corrected chi connectivity index (χ1v) is 9.12. The van der Waals surface area contributed by atoms with Crippen molar-refractivity contribution in [2.75, 3.05) is 13.7 Å². The van der Waals surface area contributed by atoms with Crippen molar-refractivity contribution in [3.63, 3.8) is 0 Å². The van der Waals surface area contributed by atoms with Gasteiger partial charge in [0, 0.05) is 6.54 Å². The van der Waals surface area contributed by atoms with Crippen molar-refractivity contribution in [3.05, 3.63) is 58.1 Å². The second kappa shape index (κ2) is 10.5. The monoisotopic (exact) mass is 421 g/mol. The van der Waals surface area contributed by atoms with Gasteiger partial charge >= 0.3 is 5.97 Å². The lowest BCUT2D eigenvalue weighted by Gasteiger charge is -2.13. The molecule has 0 aliphatic carbocycles. The van der Waals surface area contributed by atoms with Crippen molar-refractivity contribution in [3.8, 4) is 11.5 Å². The lowest BCUT2D eigenvalue weighted by atomic mass is 10.1. The molecule has 2 aromatic carbocycles. The van der Waals surface area contributed by atoms with Gasteiger partial charge in [0.1, 0.15) is 6.61 Å². The van der Waals surface area contributed by atoms with Crippen LogP contribution in [0.2, 0.25) is 5.02 Å². The van der Waals surface area contributed by atoms with E-state index in [4.69, 9.17) is 38.4 Å². The Hall–Kier alpha value is -2.84. The van der Waals surface area contributed by atoms with Gasteiger partial charge in [0.2, 0.25) is 0 Å². The Kier molecular flexibility index (Phi) is 8.03. The molecule has 7 nitrogen and oxygen atoms in total. The third kappa shape index (κ3) is 6.11. The molecule has 0 unspecified atom stereocenters. The van der Waals surface area contributed by atoms with Crippen LogP contribution in [0.4, 0.5) is 0 Å². The van der Waals surface area contributed by atoms with Crippen molar-refractivity contribution in [1.29, 1.82) is 0 Å². The Morgan fingerprint density at radius 2 is 2.04 bits per heavy atom. The molecule has 0 aliphatic rings. The number of carboxylic acids is 1. The summed E-state index contributed by atoms with van der Waals surface area (Å²) in [6, 6.07) is 9.83. The fourth-order valence-corrected chi connectivity index (χ4v) is 2.69. The van der Waals surface area contributed by atoms with E-state index in [1.165, 1.54) is 19.2 Å². The second-order valence-corrected chi connectivity index (χ2v) is 6.37. The summed E-state index contributed by atoms with van der Waals surface area (Å²) in [7, 11) is 1.51. The van der Waals surface area contributed by atoms with Crippen LogP contribution in [0.5, 0.6) is 11.5 Å². The Bertz CT molecular complexity index is 872. The molecule has 0 fully saturated rings. The fourth-order valence-electron chi connectivity index (χ4n) is 2.22. The van der Waals surface area contributed by atoms with Crippen LogP contribution in [0, 0.1) is 0 Å². The van der Waals surface area contributed by atoms with E-state index < -0.39 is 5.97 Å². The number of carboxylic acid groups (broad SMARTS) is 1. The Labute approximate surface area is 173 Å². The number of hydrogen-bond donors (Lipinski definition) is 3. The number of hydrazone groups is 1. The highest BCUT2D eigenvalue weighted by atomic mass is 35.5. The molecule has 148 valence electrons. The molecule has 0 saturated heterocycles. The number of methoxy groups -OCH3 is 1. The quantitative estimate of drug-likeness (QED) is 0.341. The van der Waals surface area contributed by atoms with Gasteiger partial charge in [-0.15, -0.1) is 0 Å². The first-order chi connectivity index (χ1) is 13.4. The van der Waals surface area contributed by atoms with E-state index in [9.17, 15) is 4.79 Å². The summed E-state index contributed by atoms with van der Waals surface area (Å²) in [5.41, 5.74) is 4.41. The number of ether oxygens (including phenoxy) is 2. The highest BCUT2D eigenvalue weighted by Gasteiger charge is 2.12. The van der Waals surface area contributed by atoms with Crippen molar-refractivity contribution in [2.24, 2.45) is 5.10 Å². The largest absolute Gasteiger partial charge is 0.493 e. The number of thiocarbonyl (C=S) groups is 1. The summed E-state index contributed by atoms with van der Waals surface area (Å²) in [5.74, 6) is -0.139. The summed E-state index contributed by atoms with van der Waals surface area (Å²) < 4.78 is 11.1. The molecule has 2 aromatic rings. The molecule has 0 aromatic heterocycles. The first-order valence-electron chi connectivity index (χ1n) is 8.34. The molecule has 0 spiro atoms. The average molecular weight is 422 g/mol. The van der Waals surface area contributed by atoms with Crippen molar-refractivity contribution in [2.45, 2.75) is 13.5 Å². The zero-order chi connectivity index (χ0) is 20.5.